The maximum atomic E-state index is 12.2. The summed E-state index contributed by atoms with van der Waals surface area (Å²) < 4.78 is 6.25. The minimum absolute atomic E-state index is 0.133. The number of hydrogen-bond acceptors (Lipinski definition) is 9. The van der Waals surface area contributed by atoms with Crippen molar-refractivity contribution in [3.05, 3.63) is 83.2 Å². The maximum Gasteiger partial charge on any atom is 0.220 e. The molecule has 0 radical (unpaired) electrons. The van der Waals surface area contributed by atoms with E-state index >= 15 is 0 Å². The van der Waals surface area contributed by atoms with Gasteiger partial charge in [0.05, 0.1) is 18.8 Å². The van der Waals surface area contributed by atoms with Crippen LogP contribution >= 0.6 is 0 Å². The van der Waals surface area contributed by atoms with E-state index in [1.54, 1.807) is 0 Å². The highest BCUT2D eigenvalue weighted by molar-refractivity contribution is 5.76. The molecule has 4 unspecified atom stereocenters. The van der Waals surface area contributed by atoms with Crippen LogP contribution in [0, 0.1) is 6.92 Å². The summed E-state index contributed by atoms with van der Waals surface area (Å²) in [7, 11) is 0. The van der Waals surface area contributed by atoms with Gasteiger partial charge in [-0.25, -0.2) is 0 Å². The smallest absolute Gasteiger partial charge is 0.220 e. The van der Waals surface area contributed by atoms with E-state index in [9.17, 15) is 25.2 Å². The Morgan fingerprint density at radius 1 is 1.00 bits per heavy atom. The minimum atomic E-state index is -1.72. The normalized spacial score (nSPS) is 18.0. The van der Waals surface area contributed by atoms with Crippen molar-refractivity contribution in [2.24, 2.45) is 0 Å². The number of aliphatic hydroxyl groups is 5. The zero-order valence-corrected chi connectivity index (χ0v) is 26.4. The number of amides is 1. The topological polar surface area (TPSA) is 164 Å². The Balaban J connectivity index is 1.12. The van der Waals surface area contributed by atoms with Crippen molar-refractivity contribution < 1.29 is 35.1 Å². The van der Waals surface area contributed by atoms with Crippen LogP contribution in [-0.4, -0.2) is 80.1 Å². The van der Waals surface area contributed by atoms with Gasteiger partial charge in [-0.15, -0.1) is 0 Å². The molecule has 0 saturated heterocycles. The fourth-order valence-electron chi connectivity index (χ4n) is 5.78. The first kappa shape index (κ1) is 34.0. The largest absolute Gasteiger partial charge is 0.490 e. The van der Waals surface area contributed by atoms with Crippen LogP contribution in [0.3, 0.4) is 0 Å². The van der Waals surface area contributed by atoms with Gasteiger partial charge in [-0.3, -0.25) is 9.78 Å². The second-order valence-corrected chi connectivity index (χ2v) is 12.7. The molecular weight excluding hydrogens is 586 g/mol. The van der Waals surface area contributed by atoms with Gasteiger partial charge in [0.25, 0.3) is 0 Å². The number of unbranched alkanes of at least 4 members (excludes halogenated alkanes) is 1. The Morgan fingerprint density at radius 3 is 2.50 bits per heavy atom. The standard InChI is InChI=1S/C36H47N3O7/c1-23-10-11-24(6-2-5-9-33(43)38-21-30(41)34(44)35(45)31(42)22-40)18-25(23)19-39-36(15-16-36)29-20-37-17-14-27(29)28-7-3-4-8-32(28)46-26-12-13-26/h3-4,7-8,10-11,14,17-18,20,26,30-31,34-35,39-42,44-45H,2,5-6,9,12-13,15-16,19,21-22H2,1H3,(H,38,43). The lowest BCUT2D eigenvalue weighted by Gasteiger charge is -2.25. The van der Waals surface area contributed by atoms with Gasteiger partial charge in [0, 0.05) is 43.0 Å². The summed E-state index contributed by atoms with van der Waals surface area (Å²) >= 11 is 0. The summed E-state index contributed by atoms with van der Waals surface area (Å²) in [6.45, 7) is 1.83. The summed E-state index contributed by atoms with van der Waals surface area (Å²) in [5.41, 5.74) is 7.01. The number of carbonyl (C=O) groups excluding carboxylic acids is 1. The summed E-state index contributed by atoms with van der Waals surface area (Å²) in [4.78, 5) is 16.8. The van der Waals surface area contributed by atoms with Crippen molar-refractivity contribution >= 4 is 5.91 Å². The first-order chi connectivity index (χ1) is 22.2. The molecule has 2 saturated carbocycles. The van der Waals surface area contributed by atoms with E-state index < -0.39 is 31.0 Å². The summed E-state index contributed by atoms with van der Waals surface area (Å²) in [5, 5.41) is 54.3. The van der Waals surface area contributed by atoms with Crippen molar-refractivity contribution in [3.63, 3.8) is 0 Å². The molecule has 248 valence electrons. The average molecular weight is 634 g/mol. The van der Waals surface area contributed by atoms with Gasteiger partial charge in [0.2, 0.25) is 5.91 Å². The second-order valence-electron chi connectivity index (χ2n) is 12.7. The van der Waals surface area contributed by atoms with E-state index in [-0.39, 0.29) is 24.4 Å². The van der Waals surface area contributed by atoms with Crippen molar-refractivity contribution in [1.82, 2.24) is 15.6 Å². The maximum absolute atomic E-state index is 12.2. The molecule has 4 atom stereocenters. The van der Waals surface area contributed by atoms with E-state index in [4.69, 9.17) is 9.84 Å². The first-order valence-corrected chi connectivity index (χ1v) is 16.3. The monoisotopic (exact) mass is 633 g/mol. The molecule has 3 aromatic rings. The molecule has 2 aliphatic rings. The van der Waals surface area contributed by atoms with Crippen LogP contribution in [0.2, 0.25) is 0 Å². The van der Waals surface area contributed by atoms with Crippen molar-refractivity contribution in [3.8, 4) is 16.9 Å². The Hall–Kier alpha value is -3.38. The third-order valence-corrected chi connectivity index (χ3v) is 9.07. The van der Waals surface area contributed by atoms with Crippen LogP contribution in [0.15, 0.2) is 60.9 Å². The summed E-state index contributed by atoms with van der Waals surface area (Å²) in [6.07, 6.45) is 4.54. The first-order valence-electron chi connectivity index (χ1n) is 16.3. The highest BCUT2D eigenvalue weighted by atomic mass is 16.5. The molecular formula is C36H47N3O7. The lowest BCUT2D eigenvalue weighted by atomic mass is 9.94. The highest BCUT2D eigenvalue weighted by Gasteiger charge is 2.46. The fraction of sp³-hybridized carbons (Fsp3) is 0.500. The quantitative estimate of drug-likeness (QED) is 0.104. The number of aromatic nitrogens is 1. The van der Waals surface area contributed by atoms with Gasteiger partial charge in [-0.05, 0) is 91.8 Å². The third kappa shape index (κ3) is 8.70. The molecule has 1 aromatic heterocycles. The Labute approximate surface area is 270 Å². The predicted octanol–water partition coefficient (Wildman–Crippen LogP) is 2.64. The zero-order valence-electron chi connectivity index (χ0n) is 26.4. The van der Waals surface area contributed by atoms with E-state index in [0.29, 0.717) is 12.5 Å². The number of para-hydroxylation sites is 1. The van der Waals surface area contributed by atoms with Crippen molar-refractivity contribution in [2.45, 2.75) is 101 Å². The molecule has 1 heterocycles. The molecule has 1 amide bonds. The number of ether oxygens (including phenoxy) is 1. The van der Waals surface area contributed by atoms with Crippen LogP contribution in [0.4, 0.5) is 0 Å². The van der Waals surface area contributed by atoms with E-state index in [0.717, 1.165) is 61.9 Å². The SMILES string of the molecule is Cc1ccc(CCCCC(=O)NCC(O)C(O)C(O)C(O)CO)cc1CNC1(c2cnccc2-c2ccccc2OC2CC2)CC1. The minimum Gasteiger partial charge on any atom is -0.490 e. The van der Waals surface area contributed by atoms with E-state index in [1.807, 2.05) is 18.5 Å². The third-order valence-electron chi connectivity index (χ3n) is 9.07. The number of aliphatic hydroxyl groups excluding tert-OH is 5. The average Bonchev–Trinajstić information content (AvgIpc) is 4.02. The Morgan fingerprint density at radius 2 is 1.76 bits per heavy atom. The molecule has 10 nitrogen and oxygen atoms in total. The molecule has 2 aromatic carbocycles. The van der Waals surface area contributed by atoms with Gasteiger partial charge < -0.3 is 40.9 Å². The number of hydrogen-bond donors (Lipinski definition) is 7. The van der Waals surface area contributed by atoms with Gasteiger partial charge in [0.15, 0.2) is 0 Å². The molecule has 2 aliphatic carbocycles. The number of rotatable bonds is 18. The van der Waals surface area contributed by atoms with Gasteiger partial charge >= 0.3 is 0 Å². The number of benzene rings is 2. The van der Waals surface area contributed by atoms with E-state index in [2.05, 4.69) is 65.0 Å². The van der Waals surface area contributed by atoms with E-state index in [1.165, 1.54) is 22.3 Å². The van der Waals surface area contributed by atoms with Crippen LogP contribution < -0.4 is 15.4 Å². The fourth-order valence-corrected chi connectivity index (χ4v) is 5.78. The lowest BCUT2D eigenvalue weighted by Crippen LogP contribution is -2.49. The Kier molecular flexibility index (Phi) is 11.4. The molecule has 5 rings (SSSR count). The number of carbonyl (C=O) groups is 1. The molecule has 0 bridgehead atoms. The van der Waals surface area contributed by atoms with Gasteiger partial charge in [-0.1, -0.05) is 36.4 Å². The molecule has 46 heavy (non-hydrogen) atoms. The molecule has 2 fully saturated rings. The summed E-state index contributed by atoms with van der Waals surface area (Å²) in [6, 6.07) is 16.9. The molecule has 0 aliphatic heterocycles. The number of nitrogens with zero attached hydrogens (tertiary/aromatic N) is 1. The highest BCUT2D eigenvalue weighted by Crippen LogP contribution is 2.50. The van der Waals surface area contributed by atoms with Crippen LogP contribution in [-0.2, 0) is 23.3 Å². The molecule has 0 spiro atoms. The number of pyridine rings is 1. The number of nitrogens with one attached hydrogen (secondary N) is 2. The Bertz CT molecular complexity index is 1460. The molecule has 7 N–H and O–H groups in total. The second kappa shape index (κ2) is 15.5. The lowest BCUT2D eigenvalue weighted by molar-refractivity contribution is -0.126. The van der Waals surface area contributed by atoms with Gasteiger partial charge in [0.1, 0.15) is 24.1 Å². The van der Waals surface area contributed by atoms with Crippen LogP contribution in [0.1, 0.15) is 67.2 Å². The predicted molar refractivity (Wildman–Crippen MR) is 174 cm³/mol. The molecule has 10 heteroatoms. The van der Waals surface area contributed by atoms with Crippen LogP contribution in [0.5, 0.6) is 5.75 Å². The number of aryl methyl sites for hydroxylation is 2. The summed E-state index contributed by atoms with van der Waals surface area (Å²) in [5.74, 6) is 0.656. The zero-order chi connectivity index (χ0) is 32.7. The van der Waals surface area contributed by atoms with Crippen molar-refractivity contribution in [2.75, 3.05) is 13.2 Å². The van der Waals surface area contributed by atoms with Gasteiger partial charge in [-0.2, -0.15) is 0 Å². The van der Waals surface area contributed by atoms with Crippen molar-refractivity contribution in [1.29, 1.82) is 0 Å². The van der Waals surface area contributed by atoms with Crippen LogP contribution in [0.25, 0.3) is 11.1 Å².